The molecule has 10 atom stereocenters. The molecule has 2 saturated heterocycles. The Kier molecular flexibility index (Phi) is 9.11. The molecule has 19 heteroatoms. The maximum absolute atomic E-state index is 11.3. The van der Waals surface area contributed by atoms with Crippen LogP contribution < -0.4 is 0 Å². The van der Waals surface area contributed by atoms with Crippen molar-refractivity contribution in [2.45, 2.75) is 61.4 Å². The molecule has 0 radical (unpaired) electrons. The monoisotopic (exact) mass is 502 g/mol. The van der Waals surface area contributed by atoms with E-state index < -0.39 is 90.3 Å². The van der Waals surface area contributed by atoms with Crippen molar-refractivity contribution in [2.24, 2.45) is 0 Å². The second kappa shape index (κ2) is 10.4. The van der Waals surface area contributed by atoms with Crippen molar-refractivity contribution in [1.29, 1.82) is 0 Å². The Balaban J connectivity index is 2.28. The lowest BCUT2D eigenvalue weighted by Gasteiger charge is -2.46. The molecule has 10 N–H and O–H groups in total. The van der Waals surface area contributed by atoms with Crippen LogP contribution in [0.5, 0.6) is 0 Å². The van der Waals surface area contributed by atoms with E-state index in [1.165, 1.54) is 0 Å². The lowest BCUT2D eigenvalue weighted by Crippen LogP contribution is -2.64. The predicted octanol–water partition coefficient (Wildman–Crippen LogP) is -5.16. The normalized spacial score (nSPS) is 42.5. The van der Waals surface area contributed by atoms with Crippen LogP contribution in [0.3, 0.4) is 0 Å². The average molecular weight is 502 g/mol. The van der Waals surface area contributed by atoms with Crippen molar-refractivity contribution >= 4 is 15.6 Å². The van der Waals surface area contributed by atoms with Crippen LogP contribution in [0.4, 0.5) is 0 Å². The van der Waals surface area contributed by atoms with Crippen LogP contribution in [0.2, 0.25) is 0 Å². The molecule has 0 unspecified atom stereocenters. The first-order chi connectivity index (χ1) is 14.2. The first-order valence-corrected chi connectivity index (χ1v) is 11.6. The van der Waals surface area contributed by atoms with Crippen LogP contribution in [-0.4, -0.2) is 125 Å². The fourth-order valence-electron chi connectivity index (χ4n) is 3.03. The molecule has 0 bridgehead atoms. The van der Waals surface area contributed by atoms with E-state index in [0.29, 0.717) is 0 Å². The molecule has 31 heavy (non-hydrogen) atoms. The molecule has 2 fully saturated rings. The molecule has 0 aromatic carbocycles. The lowest BCUT2D eigenvalue weighted by atomic mass is 9.98. The molecular formula is C12H24O17P2. The molecule has 184 valence electrons. The molecule has 2 aliphatic rings. The summed E-state index contributed by atoms with van der Waals surface area (Å²) in [5.74, 6) is 0. The minimum absolute atomic E-state index is 0.819. The van der Waals surface area contributed by atoms with Gasteiger partial charge in [0.2, 0.25) is 0 Å². The van der Waals surface area contributed by atoms with Gasteiger partial charge >= 0.3 is 15.6 Å². The molecule has 0 saturated carbocycles. The molecule has 17 nitrogen and oxygen atoms in total. The maximum atomic E-state index is 11.3. The Morgan fingerprint density at radius 3 is 1.58 bits per heavy atom. The standard InChI is InChI=1S/C12H24O17P2/c13-1-3-5(15)6(16)7(17)11(25-3)27-12-8(18)10(29-31(22,23)24)9(4(2-14)26-12)28-30(19,20)21/h3-18H,1-2H2,(H2,19,20,21)(H2,22,23,24)/t3-,4-,5-,6+,7-,8-,9-,10-,11-,12-/m1/s1. The minimum atomic E-state index is -5.40. The average Bonchev–Trinajstić information content (AvgIpc) is 2.65. The highest BCUT2D eigenvalue weighted by Crippen LogP contribution is 2.47. The van der Waals surface area contributed by atoms with Crippen LogP contribution in [0.15, 0.2) is 0 Å². The zero-order valence-electron chi connectivity index (χ0n) is 15.4. The summed E-state index contributed by atoms with van der Waals surface area (Å²) in [6.07, 6.45) is -19.2. The van der Waals surface area contributed by atoms with Gasteiger partial charge in [-0.3, -0.25) is 9.05 Å². The summed E-state index contributed by atoms with van der Waals surface area (Å²) in [7, 11) is -10.7. The number of aliphatic hydroxyl groups excluding tert-OH is 6. The third kappa shape index (κ3) is 6.92. The Labute approximate surface area is 173 Å². The largest absolute Gasteiger partial charge is 0.470 e. The maximum Gasteiger partial charge on any atom is 0.470 e. The smallest absolute Gasteiger partial charge is 0.394 e. The molecular weight excluding hydrogens is 478 g/mol. The van der Waals surface area contributed by atoms with E-state index >= 15 is 0 Å². The van der Waals surface area contributed by atoms with Crippen LogP contribution in [0.25, 0.3) is 0 Å². The summed E-state index contributed by atoms with van der Waals surface area (Å²) < 4.78 is 46.5. The zero-order valence-corrected chi connectivity index (χ0v) is 17.2. The Hall–Kier alpha value is -0.140. The zero-order chi connectivity index (χ0) is 23.7. The van der Waals surface area contributed by atoms with Crippen molar-refractivity contribution in [1.82, 2.24) is 0 Å². The van der Waals surface area contributed by atoms with Crippen molar-refractivity contribution in [3.63, 3.8) is 0 Å². The van der Waals surface area contributed by atoms with E-state index in [1.807, 2.05) is 0 Å². The SMILES string of the molecule is O=P(O)(O)O[C@@H]1[C@@H](O)[C@@H](O[C@H]2O[C@H](CO)[C@@H](O)[C@H](O)[C@H]2O)O[C@H](CO)[C@H]1OP(=O)(O)O. The van der Waals surface area contributed by atoms with E-state index in [4.69, 9.17) is 33.8 Å². The summed E-state index contributed by atoms with van der Waals surface area (Å²) in [6.45, 7) is -1.88. The fourth-order valence-corrected chi connectivity index (χ4v) is 4.16. The van der Waals surface area contributed by atoms with Crippen LogP contribution in [-0.2, 0) is 32.4 Å². The van der Waals surface area contributed by atoms with Gasteiger partial charge in [-0.05, 0) is 0 Å². The number of aliphatic hydroxyl groups is 6. The molecule has 0 aromatic heterocycles. The second-order valence-corrected chi connectivity index (χ2v) is 9.05. The van der Waals surface area contributed by atoms with Crippen molar-refractivity contribution in [2.75, 3.05) is 13.2 Å². The molecule has 2 heterocycles. The third-order valence-electron chi connectivity index (χ3n) is 4.43. The van der Waals surface area contributed by atoms with Crippen LogP contribution >= 0.6 is 15.6 Å². The van der Waals surface area contributed by atoms with Crippen LogP contribution in [0.1, 0.15) is 0 Å². The Morgan fingerprint density at radius 2 is 1.10 bits per heavy atom. The first kappa shape index (κ1) is 27.1. The number of rotatable bonds is 8. The van der Waals surface area contributed by atoms with Crippen LogP contribution in [0, 0.1) is 0 Å². The van der Waals surface area contributed by atoms with Gasteiger partial charge in [0.15, 0.2) is 12.6 Å². The number of ether oxygens (including phenoxy) is 3. The summed E-state index contributed by atoms with van der Waals surface area (Å²) in [5, 5.41) is 58.6. The lowest BCUT2D eigenvalue weighted by molar-refractivity contribution is -0.374. The predicted molar refractivity (Wildman–Crippen MR) is 90.4 cm³/mol. The quantitative estimate of drug-likeness (QED) is 0.139. The van der Waals surface area contributed by atoms with E-state index in [-0.39, 0.29) is 0 Å². The van der Waals surface area contributed by atoms with E-state index in [1.54, 1.807) is 0 Å². The highest BCUT2D eigenvalue weighted by molar-refractivity contribution is 7.46. The summed E-state index contributed by atoms with van der Waals surface area (Å²) in [5.41, 5.74) is 0. The second-order valence-electron chi connectivity index (χ2n) is 6.67. The summed E-state index contributed by atoms with van der Waals surface area (Å²) in [6, 6.07) is 0. The van der Waals surface area contributed by atoms with Gasteiger partial charge in [-0.1, -0.05) is 0 Å². The molecule has 2 rings (SSSR count). The molecule has 0 aromatic rings. The van der Waals surface area contributed by atoms with E-state index in [0.717, 1.165) is 0 Å². The van der Waals surface area contributed by atoms with Gasteiger partial charge in [-0.2, -0.15) is 0 Å². The Bertz CT molecular complexity index is 678. The number of hydrogen-bond acceptors (Lipinski definition) is 13. The number of phosphoric acid groups is 2. The molecule has 2 aliphatic heterocycles. The van der Waals surface area contributed by atoms with E-state index in [9.17, 15) is 39.8 Å². The van der Waals surface area contributed by atoms with Gasteiger partial charge in [-0.15, -0.1) is 0 Å². The van der Waals surface area contributed by atoms with Gasteiger partial charge < -0.3 is 64.4 Å². The van der Waals surface area contributed by atoms with E-state index in [2.05, 4.69) is 9.05 Å². The molecule has 0 spiro atoms. The van der Waals surface area contributed by atoms with Crippen molar-refractivity contribution in [3.05, 3.63) is 0 Å². The highest BCUT2D eigenvalue weighted by Gasteiger charge is 2.53. The topological polar surface area (TPSA) is 283 Å². The summed E-state index contributed by atoms with van der Waals surface area (Å²) in [4.78, 5) is 36.2. The molecule has 0 amide bonds. The van der Waals surface area contributed by atoms with Gasteiger partial charge in [0.1, 0.15) is 48.8 Å². The van der Waals surface area contributed by atoms with Crippen molar-refractivity contribution < 1.29 is 82.6 Å². The van der Waals surface area contributed by atoms with Gasteiger partial charge in [0.05, 0.1) is 13.2 Å². The highest BCUT2D eigenvalue weighted by atomic mass is 31.2. The first-order valence-electron chi connectivity index (χ1n) is 8.56. The number of hydrogen-bond donors (Lipinski definition) is 10. The van der Waals surface area contributed by atoms with Gasteiger partial charge in [-0.25, -0.2) is 9.13 Å². The van der Waals surface area contributed by atoms with Gasteiger partial charge in [0.25, 0.3) is 0 Å². The summed E-state index contributed by atoms with van der Waals surface area (Å²) >= 11 is 0. The van der Waals surface area contributed by atoms with Gasteiger partial charge in [0, 0.05) is 0 Å². The minimum Gasteiger partial charge on any atom is -0.394 e. The number of phosphoric ester groups is 2. The van der Waals surface area contributed by atoms with Crippen molar-refractivity contribution in [3.8, 4) is 0 Å². The third-order valence-corrected chi connectivity index (χ3v) is 5.47. The fraction of sp³-hybridized carbons (Fsp3) is 1.00. The molecule has 0 aliphatic carbocycles. The Morgan fingerprint density at radius 1 is 0.645 bits per heavy atom.